The molecule has 0 saturated heterocycles. The predicted octanol–water partition coefficient (Wildman–Crippen LogP) is 5.84. The van der Waals surface area contributed by atoms with Crippen molar-refractivity contribution in [2.75, 3.05) is 0 Å². The van der Waals surface area contributed by atoms with E-state index in [0.717, 1.165) is 0 Å². The first-order valence-electron chi connectivity index (χ1n) is 5.61. The minimum atomic E-state index is -3.74. The average molecular weight is 491 g/mol. The summed E-state index contributed by atoms with van der Waals surface area (Å²) >= 11 is 22.2. The second-order valence-corrected chi connectivity index (χ2v) is 10.9. The van der Waals surface area contributed by atoms with E-state index in [1.54, 1.807) is 0 Å². The topological polar surface area (TPSA) is 68.3 Å². The number of halogens is 6. The smallest absolute Gasteiger partial charge is 0.207 e. The summed E-state index contributed by atoms with van der Waals surface area (Å²) in [6.45, 7) is 0. The Labute approximate surface area is 168 Å². The molecule has 132 valence electrons. The molecule has 0 aromatic heterocycles. The average Bonchev–Trinajstić information content (AvgIpc) is 2.39. The van der Waals surface area contributed by atoms with Gasteiger partial charge in [-0.05, 0) is 36.4 Å². The standard InChI is InChI=1S/2C6H3Cl3O2S/c7-4-1-5(8)3-6(2-4)12(9,10)11;7-5-2-1-4(3-6(5)8)12(9,10)11/h2*1-3H. The first-order valence-corrected chi connectivity index (χ1v) is 11.7. The molecular weight excluding hydrogens is 485 g/mol. The third-order valence-corrected chi connectivity index (χ3v) is 6.15. The highest BCUT2D eigenvalue weighted by Crippen LogP contribution is 2.26. The largest absolute Gasteiger partial charge is 0.261 e. The van der Waals surface area contributed by atoms with Gasteiger partial charge in [-0.25, -0.2) is 16.8 Å². The van der Waals surface area contributed by atoms with Crippen molar-refractivity contribution in [3.8, 4) is 0 Å². The third kappa shape index (κ3) is 7.14. The van der Waals surface area contributed by atoms with Gasteiger partial charge in [-0.15, -0.1) is 0 Å². The zero-order valence-electron chi connectivity index (χ0n) is 11.2. The van der Waals surface area contributed by atoms with E-state index in [2.05, 4.69) is 0 Å². The van der Waals surface area contributed by atoms with Crippen molar-refractivity contribution in [2.24, 2.45) is 0 Å². The quantitative estimate of drug-likeness (QED) is 0.496. The number of rotatable bonds is 2. The molecule has 0 fully saturated rings. The van der Waals surface area contributed by atoms with E-state index < -0.39 is 18.1 Å². The van der Waals surface area contributed by atoms with Crippen LogP contribution < -0.4 is 0 Å². The van der Waals surface area contributed by atoms with Crippen molar-refractivity contribution in [1.29, 1.82) is 0 Å². The monoisotopic (exact) mass is 488 g/mol. The normalized spacial score (nSPS) is 11.6. The van der Waals surface area contributed by atoms with Crippen molar-refractivity contribution in [3.63, 3.8) is 0 Å². The fourth-order valence-electron chi connectivity index (χ4n) is 1.30. The van der Waals surface area contributed by atoms with Crippen LogP contribution in [0.25, 0.3) is 0 Å². The fourth-order valence-corrected chi connectivity index (χ4v) is 3.90. The highest BCUT2D eigenvalue weighted by Gasteiger charge is 2.11. The molecule has 0 saturated carbocycles. The van der Waals surface area contributed by atoms with Gasteiger partial charge in [0.15, 0.2) is 0 Å². The third-order valence-electron chi connectivity index (χ3n) is 2.29. The Morgan fingerprint density at radius 1 is 0.583 bits per heavy atom. The summed E-state index contributed by atoms with van der Waals surface area (Å²) in [5.74, 6) is 0. The van der Waals surface area contributed by atoms with Gasteiger partial charge in [-0.1, -0.05) is 46.4 Å². The Hall–Kier alpha value is 0.0800. The van der Waals surface area contributed by atoms with E-state index in [1.807, 2.05) is 0 Å². The molecular formula is C12H6Cl6O4S2. The molecule has 0 radical (unpaired) electrons. The lowest BCUT2D eigenvalue weighted by molar-refractivity contribution is 0.608. The Balaban J connectivity index is 0.000000240. The second-order valence-electron chi connectivity index (χ2n) is 4.06. The molecule has 0 heterocycles. The van der Waals surface area contributed by atoms with Crippen LogP contribution in [0, 0.1) is 0 Å². The molecule has 2 rings (SSSR count). The summed E-state index contributed by atoms with van der Waals surface area (Å²) in [5.41, 5.74) is 0. The lowest BCUT2D eigenvalue weighted by Gasteiger charge is -1.97. The lowest BCUT2D eigenvalue weighted by Crippen LogP contribution is -1.89. The second kappa shape index (κ2) is 8.64. The predicted molar refractivity (Wildman–Crippen MR) is 99.0 cm³/mol. The molecule has 0 unspecified atom stereocenters. The van der Waals surface area contributed by atoms with Crippen LogP contribution in [-0.4, -0.2) is 16.8 Å². The minimum absolute atomic E-state index is 0.0569. The Morgan fingerprint density at radius 2 is 1.04 bits per heavy atom. The van der Waals surface area contributed by atoms with Gasteiger partial charge in [0.2, 0.25) is 0 Å². The molecule has 0 aliphatic heterocycles. The van der Waals surface area contributed by atoms with Crippen LogP contribution in [0.4, 0.5) is 0 Å². The molecule has 4 nitrogen and oxygen atoms in total. The summed E-state index contributed by atoms with van der Waals surface area (Å²) in [4.78, 5) is -0.153. The summed E-state index contributed by atoms with van der Waals surface area (Å²) in [7, 11) is 2.65. The van der Waals surface area contributed by atoms with Crippen LogP contribution in [0.3, 0.4) is 0 Å². The Bertz CT molecular complexity index is 937. The molecule has 0 bridgehead atoms. The van der Waals surface area contributed by atoms with Crippen LogP contribution in [-0.2, 0) is 18.1 Å². The van der Waals surface area contributed by atoms with Crippen LogP contribution in [0.15, 0.2) is 46.2 Å². The minimum Gasteiger partial charge on any atom is -0.207 e. The van der Waals surface area contributed by atoms with Gasteiger partial charge in [-0.2, -0.15) is 0 Å². The van der Waals surface area contributed by atoms with E-state index in [9.17, 15) is 16.8 Å². The van der Waals surface area contributed by atoms with Crippen LogP contribution in [0.2, 0.25) is 20.1 Å². The summed E-state index contributed by atoms with van der Waals surface area (Å²) in [6.07, 6.45) is 0. The van der Waals surface area contributed by atoms with Crippen molar-refractivity contribution in [3.05, 3.63) is 56.5 Å². The van der Waals surface area contributed by atoms with Crippen LogP contribution in [0.1, 0.15) is 0 Å². The zero-order chi connectivity index (χ0) is 18.7. The molecule has 12 heteroatoms. The SMILES string of the molecule is O=S(=O)(Cl)c1cc(Cl)cc(Cl)c1.O=S(=O)(Cl)c1ccc(Cl)c(Cl)c1. The first kappa shape index (κ1) is 22.1. The maximum absolute atomic E-state index is 10.8. The van der Waals surface area contributed by atoms with Gasteiger partial charge in [0.1, 0.15) is 0 Å². The van der Waals surface area contributed by atoms with E-state index in [4.69, 9.17) is 67.8 Å². The van der Waals surface area contributed by atoms with E-state index in [0.29, 0.717) is 5.02 Å². The van der Waals surface area contributed by atoms with Crippen molar-refractivity contribution < 1.29 is 16.8 Å². The summed E-state index contributed by atoms with van der Waals surface area (Å²) < 4.78 is 43.1. The Kier molecular flexibility index (Phi) is 7.97. The zero-order valence-corrected chi connectivity index (χ0v) is 17.3. The van der Waals surface area contributed by atoms with Gasteiger partial charge in [0.05, 0.1) is 19.8 Å². The van der Waals surface area contributed by atoms with Gasteiger partial charge in [0.25, 0.3) is 18.1 Å². The number of hydrogen-bond donors (Lipinski definition) is 0. The maximum Gasteiger partial charge on any atom is 0.261 e. The molecule has 0 atom stereocenters. The lowest BCUT2D eigenvalue weighted by atomic mass is 10.4. The molecule has 0 aliphatic rings. The molecule has 0 amide bonds. The van der Waals surface area contributed by atoms with Crippen LogP contribution >= 0.6 is 67.8 Å². The highest BCUT2D eigenvalue weighted by molar-refractivity contribution is 8.14. The highest BCUT2D eigenvalue weighted by atomic mass is 35.7. The van der Waals surface area contributed by atoms with Gasteiger partial charge >= 0.3 is 0 Å². The first-order chi connectivity index (χ1) is 10.8. The van der Waals surface area contributed by atoms with Gasteiger partial charge in [0, 0.05) is 31.4 Å². The molecule has 24 heavy (non-hydrogen) atoms. The van der Waals surface area contributed by atoms with E-state index in [1.165, 1.54) is 36.4 Å². The number of benzene rings is 2. The molecule has 0 spiro atoms. The van der Waals surface area contributed by atoms with E-state index >= 15 is 0 Å². The van der Waals surface area contributed by atoms with Crippen LogP contribution in [0.5, 0.6) is 0 Å². The summed E-state index contributed by atoms with van der Waals surface area (Å²) in [5, 5.41) is 0.933. The van der Waals surface area contributed by atoms with Crippen molar-refractivity contribution in [1.82, 2.24) is 0 Å². The number of hydrogen-bond acceptors (Lipinski definition) is 4. The van der Waals surface area contributed by atoms with Crippen molar-refractivity contribution >= 4 is 85.9 Å². The molecule has 2 aromatic carbocycles. The maximum atomic E-state index is 10.8. The van der Waals surface area contributed by atoms with Gasteiger partial charge < -0.3 is 0 Å². The van der Waals surface area contributed by atoms with Crippen molar-refractivity contribution in [2.45, 2.75) is 9.79 Å². The van der Waals surface area contributed by atoms with E-state index in [-0.39, 0.29) is 24.9 Å². The van der Waals surface area contributed by atoms with Gasteiger partial charge in [-0.3, -0.25) is 0 Å². The summed E-state index contributed by atoms with van der Waals surface area (Å²) in [6, 6.07) is 7.75. The molecule has 0 N–H and O–H groups in total. The molecule has 0 aliphatic carbocycles. The Morgan fingerprint density at radius 3 is 1.42 bits per heavy atom. The molecule has 2 aromatic rings. The fraction of sp³-hybridized carbons (Fsp3) is 0.